The number of fused-ring (bicyclic) bond motifs is 1. The molecule has 4 rings (SSSR count). The van der Waals surface area contributed by atoms with Crippen LogP contribution < -0.4 is 5.32 Å². The van der Waals surface area contributed by atoms with Crippen molar-refractivity contribution in [1.29, 1.82) is 0 Å². The number of non-ortho nitro benzene ring substituents is 1. The summed E-state index contributed by atoms with van der Waals surface area (Å²) in [5.41, 5.74) is 1.72. The van der Waals surface area contributed by atoms with E-state index in [1.165, 1.54) is 44.6 Å². The first-order chi connectivity index (χ1) is 13.2. The number of pyridine rings is 1. The number of nitrogens with one attached hydrogen (secondary N) is 1. The molecule has 2 aromatic heterocycles. The highest BCUT2D eigenvalue weighted by atomic mass is 16.6. The minimum atomic E-state index is -0.383. The molecular weight excluding hydrogens is 344 g/mol. The van der Waals surface area contributed by atoms with Crippen molar-refractivity contribution < 1.29 is 4.92 Å². The first-order valence-electron chi connectivity index (χ1n) is 9.24. The third-order valence-corrected chi connectivity index (χ3v) is 5.00. The number of nitro groups is 1. The summed E-state index contributed by atoms with van der Waals surface area (Å²) in [5, 5.41) is 20.3. The molecule has 3 aromatic rings. The number of nitrogens with zero attached hydrogens (tertiary/aromatic N) is 5. The van der Waals surface area contributed by atoms with Gasteiger partial charge in [0.1, 0.15) is 0 Å². The maximum Gasteiger partial charge on any atom is 0.278 e. The van der Waals surface area contributed by atoms with Crippen LogP contribution in [0.25, 0.3) is 10.8 Å². The van der Waals surface area contributed by atoms with Crippen LogP contribution >= 0.6 is 0 Å². The van der Waals surface area contributed by atoms with Gasteiger partial charge in [-0.2, -0.15) is 5.10 Å². The van der Waals surface area contributed by atoms with Gasteiger partial charge in [0.15, 0.2) is 0 Å². The number of likely N-dealkylation sites (tertiary alicyclic amines) is 1. The fourth-order valence-corrected chi connectivity index (χ4v) is 3.58. The number of hydrogen-bond acceptors (Lipinski definition) is 6. The molecule has 140 valence electrons. The average Bonchev–Trinajstić information content (AvgIpc) is 3.14. The molecule has 27 heavy (non-hydrogen) atoms. The summed E-state index contributed by atoms with van der Waals surface area (Å²) < 4.78 is 1.94. The Morgan fingerprint density at radius 3 is 2.74 bits per heavy atom. The molecule has 0 aliphatic carbocycles. The summed E-state index contributed by atoms with van der Waals surface area (Å²) in [4.78, 5) is 17.4. The van der Waals surface area contributed by atoms with Gasteiger partial charge in [0.2, 0.25) is 0 Å². The second-order valence-electron chi connectivity index (χ2n) is 6.83. The number of nitro benzene ring substituents is 1. The predicted molar refractivity (Wildman–Crippen MR) is 104 cm³/mol. The Morgan fingerprint density at radius 2 is 1.93 bits per heavy atom. The Morgan fingerprint density at radius 1 is 1.07 bits per heavy atom. The fraction of sp³-hybridized carbons (Fsp3) is 0.368. The van der Waals surface area contributed by atoms with E-state index in [2.05, 4.69) is 20.3 Å². The molecule has 1 fully saturated rings. The maximum absolute atomic E-state index is 11.2. The molecule has 0 bridgehead atoms. The van der Waals surface area contributed by atoms with Crippen molar-refractivity contribution in [3.8, 4) is 0 Å². The number of hydrogen-bond donors (Lipinski definition) is 1. The summed E-state index contributed by atoms with van der Waals surface area (Å²) in [5.74, 6) is 0. The number of piperidine rings is 1. The van der Waals surface area contributed by atoms with Gasteiger partial charge in [-0.15, -0.1) is 0 Å². The smallest absolute Gasteiger partial charge is 0.278 e. The van der Waals surface area contributed by atoms with Gasteiger partial charge in [0.25, 0.3) is 5.69 Å². The summed E-state index contributed by atoms with van der Waals surface area (Å²) in [6.45, 7) is 4.21. The van der Waals surface area contributed by atoms with Crippen molar-refractivity contribution in [2.45, 2.75) is 25.8 Å². The Labute approximate surface area is 157 Å². The minimum Gasteiger partial charge on any atom is -0.352 e. The van der Waals surface area contributed by atoms with Crippen molar-refractivity contribution >= 4 is 27.8 Å². The molecule has 1 N–H and O–H groups in total. The molecule has 1 aliphatic heterocycles. The van der Waals surface area contributed by atoms with Crippen LogP contribution in [0.15, 0.2) is 43.0 Å². The normalized spacial score (nSPS) is 15.1. The number of aromatic nitrogens is 3. The summed E-state index contributed by atoms with van der Waals surface area (Å²) in [6.07, 6.45) is 10.8. The fourth-order valence-electron chi connectivity index (χ4n) is 3.58. The SMILES string of the molecule is O=[N+]([O-])c1ccc(Nc2cnn(CCN3CCCCC3)c2)c2ccncc12. The van der Waals surface area contributed by atoms with Gasteiger partial charge in [0.05, 0.1) is 28.7 Å². The first-order valence-corrected chi connectivity index (χ1v) is 9.24. The quantitative estimate of drug-likeness (QED) is 0.530. The Bertz CT molecular complexity index is 948. The van der Waals surface area contributed by atoms with Gasteiger partial charge in [-0.1, -0.05) is 6.42 Å². The van der Waals surface area contributed by atoms with Gasteiger partial charge >= 0.3 is 0 Å². The maximum atomic E-state index is 11.2. The van der Waals surface area contributed by atoms with E-state index in [0.717, 1.165) is 29.9 Å². The topological polar surface area (TPSA) is 89.1 Å². The molecule has 0 radical (unpaired) electrons. The molecule has 1 aliphatic rings. The van der Waals surface area contributed by atoms with Gasteiger partial charge in [-0.05, 0) is 38.1 Å². The number of benzene rings is 1. The van der Waals surface area contributed by atoms with E-state index in [1.807, 2.05) is 10.9 Å². The van der Waals surface area contributed by atoms with Crippen molar-refractivity contribution in [3.63, 3.8) is 0 Å². The van der Waals surface area contributed by atoms with E-state index < -0.39 is 0 Å². The number of anilines is 2. The minimum absolute atomic E-state index is 0.0564. The van der Waals surface area contributed by atoms with Crippen LogP contribution in [-0.4, -0.2) is 44.2 Å². The molecule has 1 saturated heterocycles. The molecular formula is C19H22N6O2. The van der Waals surface area contributed by atoms with Crippen LogP contribution in [0, 0.1) is 10.1 Å². The predicted octanol–water partition coefficient (Wildman–Crippen LogP) is 3.57. The highest BCUT2D eigenvalue weighted by molar-refractivity contribution is 6.00. The van der Waals surface area contributed by atoms with Crippen molar-refractivity contribution in [1.82, 2.24) is 19.7 Å². The summed E-state index contributed by atoms with van der Waals surface area (Å²) in [6, 6.07) is 5.02. The van der Waals surface area contributed by atoms with Gasteiger partial charge in [0, 0.05) is 42.3 Å². The first kappa shape index (κ1) is 17.4. The standard InChI is InChI=1S/C19H22N6O2/c26-25(27)19-5-4-18(16-6-7-20-13-17(16)19)22-15-12-21-24(14-15)11-10-23-8-2-1-3-9-23/h4-7,12-14,22H,1-3,8-11H2. The third kappa shape index (κ3) is 3.90. The molecule has 8 nitrogen and oxygen atoms in total. The van der Waals surface area contributed by atoms with Crippen LogP contribution in [0.5, 0.6) is 0 Å². The molecule has 0 saturated carbocycles. The molecule has 8 heteroatoms. The van der Waals surface area contributed by atoms with Crippen LogP contribution in [0.4, 0.5) is 17.1 Å². The molecule has 0 atom stereocenters. The molecule has 3 heterocycles. The second kappa shape index (κ2) is 7.71. The van der Waals surface area contributed by atoms with E-state index in [0.29, 0.717) is 5.39 Å². The summed E-state index contributed by atoms with van der Waals surface area (Å²) >= 11 is 0. The Balaban J connectivity index is 1.49. The number of rotatable bonds is 6. The van der Waals surface area contributed by atoms with Gasteiger partial charge < -0.3 is 10.2 Å². The van der Waals surface area contributed by atoms with Gasteiger partial charge in [-0.3, -0.25) is 19.8 Å². The zero-order valence-corrected chi connectivity index (χ0v) is 15.0. The summed E-state index contributed by atoms with van der Waals surface area (Å²) in [7, 11) is 0. The Kier molecular flexibility index (Phi) is 4.97. The zero-order chi connectivity index (χ0) is 18.6. The van der Waals surface area contributed by atoms with E-state index in [1.54, 1.807) is 24.5 Å². The van der Waals surface area contributed by atoms with Crippen LogP contribution in [0.1, 0.15) is 19.3 Å². The Hall–Kier alpha value is -3.00. The van der Waals surface area contributed by atoms with Crippen molar-refractivity contribution in [3.05, 3.63) is 53.1 Å². The van der Waals surface area contributed by atoms with E-state index in [-0.39, 0.29) is 10.6 Å². The van der Waals surface area contributed by atoms with Crippen molar-refractivity contribution in [2.24, 2.45) is 0 Å². The monoisotopic (exact) mass is 366 g/mol. The van der Waals surface area contributed by atoms with Crippen LogP contribution in [0.3, 0.4) is 0 Å². The van der Waals surface area contributed by atoms with E-state index in [9.17, 15) is 10.1 Å². The van der Waals surface area contributed by atoms with Crippen LogP contribution in [-0.2, 0) is 6.54 Å². The highest BCUT2D eigenvalue weighted by Gasteiger charge is 2.15. The highest BCUT2D eigenvalue weighted by Crippen LogP contribution is 2.32. The molecule has 0 amide bonds. The largest absolute Gasteiger partial charge is 0.352 e. The van der Waals surface area contributed by atoms with Crippen LogP contribution in [0.2, 0.25) is 0 Å². The lowest BCUT2D eigenvalue weighted by Gasteiger charge is -2.26. The van der Waals surface area contributed by atoms with E-state index >= 15 is 0 Å². The third-order valence-electron chi connectivity index (χ3n) is 5.00. The lowest BCUT2D eigenvalue weighted by molar-refractivity contribution is -0.383. The molecule has 1 aromatic carbocycles. The lowest BCUT2D eigenvalue weighted by Crippen LogP contribution is -2.32. The molecule has 0 spiro atoms. The second-order valence-corrected chi connectivity index (χ2v) is 6.83. The lowest BCUT2D eigenvalue weighted by atomic mass is 10.1. The molecule has 0 unspecified atom stereocenters. The van der Waals surface area contributed by atoms with E-state index in [4.69, 9.17) is 0 Å². The van der Waals surface area contributed by atoms with Crippen molar-refractivity contribution in [2.75, 3.05) is 25.0 Å². The zero-order valence-electron chi connectivity index (χ0n) is 15.0. The average molecular weight is 366 g/mol. The van der Waals surface area contributed by atoms with Gasteiger partial charge in [-0.25, -0.2) is 0 Å².